The van der Waals surface area contributed by atoms with Crippen LogP contribution in [0.25, 0.3) is 0 Å². The monoisotopic (exact) mass is 186 g/mol. The number of ether oxygens (including phenoxy) is 2. The summed E-state index contributed by atoms with van der Waals surface area (Å²) in [5.41, 5.74) is 0. The second-order valence-corrected chi connectivity index (χ2v) is 3.99. The minimum Gasteiger partial charge on any atom is -0.453 e. The lowest BCUT2D eigenvalue weighted by Crippen LogP contribution is -2.37. The molecule has 0 radical (unpaired) electrons. The van der Waals surface area contributed by atoms with Crippen LogP contribution >= 0.6 is 0 Å². The van der Waals surface area contributed by atoms with Gasteiger partial charge in [-0.1, -0.05) is 19.3 Å². The van der Waals surface area contributed by atoms with Gasteiger partial charge in [0.15, 0.2) is 6.26 Å². The summed E-state index contributed by atoms with van der Waals surface area (Å²) in [6, 6.07) is -0.590. The molecule has 2 rings (SSSR count). The molecule has 0 aromatic rings. The Balaban J connectivity index is 1.99. The molecule has 0 saturated heterocycles. The molecule has 0 bridgehead atoms. The van der Waals surface area contributed by atoms with E-state index in [1.54, 1.807) is 0 Å². The quantitative estimate of drug-likeness (QED) is 0.626. The van der Waals surface area contributed by atoms with Gasteiger partial charge >= 0.3 is 6.01 Å². The fourth-order valence-electron chi connectivity index (χ4n) is 2.21. The highest BCUT2D eigenvalue weighted by atomic mass is 19.1. The lowest BCUT2D eigenvalue weighted by molar-refractivity contribution is -0.187. The van der Waals surface area contributed by atoms with E-state index >= 15 is 0 Å². The van der Waals surface area contributed by atoms with Crippen molar-refractivity contribution in [2.75, 3.05) is 0 Å². The molecular weight excluding hydrogens is 171 g/mol. The van der Waals surface area contributed by atoms with Crippen LogP contribution in [0.1, 0.15) is 39.0 Å². The predicted molar refractivity (Wildman–Crippen MR) is 46.3 cm³/mol. The molecule has 1 aliphatic carbocycles. The normalized spacial score (nSPS) is 35.1. The number of halogens is 1. The van der Waals surface area contributed by atoms with Crippen molar-refractivity contribution in [3.05, 3.63) is 12.3 Å². The van der Waals surface area contributed by atoms with Gasteiger partial charge in [-0.3, -0.25) is 0 Å². The summed E-state index contributed by atoms with van der Waals surface area (Å²) in [6.45, 7) is 1.83. The Hall–Kier alpha value is -0.730. The maximum atomic E-state index is 12.7. The minimum absolute atomic E-state index is 0.339. The van der Waals surface area contributed by atoms with E-state index in [0.717, 1.165) is 19.1 Å². The van der Waals surface area contributed by atoms with Gasteiger partial charge in [0.1, 0.15) is 0 Å². The Morgan fingerprint density at radius 3 is 2.62 bits per heavy atom. The van der Waals surface area contributed by atoms with Crippen molar-refractivity contribution in [2.24, 2.45) is 5.92 Å². The molecule has 2 aliphatic rings. The molecule has 0 amide bonds. The molecule has 1 fully saturated rings. The van der Waals surface area contributed by atoms with Crippen LogP contribution in [0.15, 0.2) is 12.3 Å². The molecule has 74 valence electrons. The smallest absolute Gasteiger partial charge is 0.311 e. The van der Waals surface area contributed by atoms with E-state index in [1.165, 1.54) is 19.3 Å². The molecule has 1 saturated carbocycles. The first-order valence-electron chi connectivity index (χ1n) is 4.93. The third-order valence-corrected chi connectivity index (χ3v) is 3.03. The molecule has 1 unspecified atom stereocenters. The second kappa shape index (κ2) is 3.20. The van der Waals surface area contributed by atoms with E-state index < -0.39 is 11.8 Å². The number of rotatable bonds is 1. The van der Waals surface area contributed by atoms with Crippen molar-refractivity contribution in [2.45, 2.75) is 44.8 Å². The lowest BCUT2D eigenvalue weighted by atomic mass is 9.84. The largest absolute Gasteiger partial charge is 0.453 e. The van der Waals surface area contributed by atoms with E-state index in [4.69, 9.17) is 9.47 Å². The summed E-state index contributed by atoms with van der Waals surface area (Å²) < 4.78 is 23.0. The molecule has 13 heavy (non-hydrogen) atoms. The SMILES string of the molecule is CC1(C2CCCCC2)OC=C(F)O1. The Kier molecular flexibility index (Phi) is 2.18. The van der Waals surface area contributed by atoms with Crippen molar-refractivity contribution in [3.63, 3.8) is 0 Å². The fourth-order valence-corrected chi connectivity index (χ4v) is 2.21. The van der Waals surface area contributed by atoms with Crippen LogP contribution in [0.3, 0.4) is 0 Å². The molecular formula is C10H15FO2. The molecule has 1 atom stereocenters. The summed E-state index contributed by atoms with van der Waals surface area (Å²) in [4.78, 5) is 0. The molecule has 0 N–H and O–H groups in total. The van der Waals surface area contributed by atoms with Crippen molar-refractivity contribution in [3.8, 4) is 0 Å². The summed E-state index contributed by atoms with van der Waals surface area (Å²) in [7, 11) is 0. The van der Waals surface area contributed by atoms with E-state index in [1.807, 2.05) is 6.92 Å². The molecule has 1 aliphatic heterocycles. The maximum absolute atomic E-state index is 12.7. The Morgan fingerprint density at radius 1 is 1.38 bits per heavy atom. The van der Waals surface area contributed by atoms with Gasteiger partial charge in [-0.25, -0.2) is 0 Å². The summed E-state index contributed by atoms with van der Waals surface area (Å²) in [5.74, 6) is -0.393. The lowest BCUT2D eigenvalue weighted by Gasteiger charge is -2.34. The van der Waals surface area contributed by atoms with Gasteiger partial charge in [-0.2, -0.15) is 4.39 Å². The standard InChI is InChI=1S/C10H15FO2/c1-10(12-7-9(11)13-10)8-5-3-2-4-6-8/h7-8H,2-6H2,1H3. The van der Waals surface area contributed by atoms with Crippen LogP contribution in [-0.2, 0) is 9.47 Å². The second-order valence-electron chi connectivity index (χ2n) is 3.99. The Bertz CT molecular complexity index is 221. The van der Waals surface area contributed by atoms with Gasteiger partial charge < -0.3 is 9.47 Å². The first-order valence-corrected chi connectivity index (χ1v) is 4.93. The minimum atomic E-state index is -0.732. The first-order chi connectivity index (χ1) is 6.21. The van der Waals surface area contributed by atoms with Crippen LogP contribution in [-0.4, -0.2) is 5.79 Å². The van der Waals surface area contributed by atoms with Gasteiger partial charge in [0, 0.05) is 12.8 Å². The molecule has 0 aromatic carbocycles. The molecule has 3 heteroatoms. The zero-order valence-corrected chi connectivity index (χ0v) is 7.88. The van der Waals surface area contributed by atoms with E-state index in [-0.39, 0.29) is 0 Å². The van der Waals surface area contributed by atoms with Gasteiger partial charge in [-0.05, 0) is 12.8 Å². The summed E-state index contributed by atoms with van der Waals surface area (Å²) >= 11 is 0. The van der Waals surface area contributed by atoms with Gasteiger partial charge in [0.05, 0.1) is 0 Å². The zero-order valence-electron chi connectivity index (χ0n) is 7.88. The Labute approximate surface area is 77.7 Å². The first kappa shape index (κ1) is 8.85. The number of hydrogen-bond donors (Lipinski definition) is 0. The van der Waals surface area contributed by atoms with Gasteiger partial charge in [0.2, 0.25) is 0 Å². The van der Waals surface area contributed by atoms with Gasteiger partial charge in [-0.15, -0.1) is 0 Å². The zero-order chi connectivity index (χ0) is 9.31. The third kappa shape index (κ3) is 1.64. The summed E-state index contributed by atoms with van der Waals surface area (Å²) in [6.07, 6.45) is 6.93. The van der Waals surface area contributed by atoms with E-state index in [2.05, 4.69) is 0 Å². The van der Waals surface area contributed by atoms with Gasteiger partial charge in [0.25, 0.3) is 5.79 Å². The molecule has 0 aromatic heterocycles. The average molecular weight is 186 g/mol. The van der Waals surface area contributed by atoms with Crippen LogP contribution in [0.2, 0.25) is 0 Å². The maximum Gasteiger partial charge on any atom is 0.311 e. The third-order valence-electron chi connectivity index (χ3n) is 3.03. The predicted octanol–water partition coefficient (Wildman–Crippen LogP) is 3.10. The van der Waals surface area contributed by atoms with E-state index in [9.17, 15) is 4.39 Å². The van der Waals surface area contributed by atoms with Crippen LogP contribution < -0.4 is 0 Å². The highest BCUT2D eigenvalue weighted by Gasteiger charge is 2.42. The van der Waals surface area contributed by atoms with Crippen LogP contribution in [0.4, 0.5) is 4.39 Å². The average Bonchev–Trinajstić information content (AvgIpc) is 2.49. The molecule has 0 spiro atoms. The highest BCUT2D eigenvalue weighted by molar-refractivity contribution is 4.91. The molecule has 1 heterocycles. The summed E-state index contributed by atoms with van der Waals surface area (Å²) in [5, 5.41) is 0. The van der Waals surface area contributed by atoms with Crippen molar-refractivity contribution in [1.29, 1.82) is 0 Å². The van der Waals surface area contributed by atoms with Crippen LogP contribution in [0, 0.1) is 5.92 Å². The van der Waals surface area contributed by atoms with Crippen LogP contribution in [0.5, 0.6) is 0 Å². The molecule has 2 nitrogen and oxygen atoms in total. The number of hydrogen-bond acceptors (Lipinski definition) is 2. The van der Waals surface area contributed by atoms with E-state index in [0.29, 0.717) is 5.92 Å². The van der Waals surface area contributed by atoms with Crippen molar-refractivity contribution in [1.82, 2.24) is 0 Å². The highest BCUT2D eigenvalue weighted by Crippen LogP contribution is 2.40. The fraction of sp³-hybridized carbons (Fsp3) is 0.800. The Morgan fingerprint density at radius 2 is 2.08 bits per heavy atom. The van der Waals surface area contributed by atoms with Crippen molar-refractivity contribution >= 4 is 0 Å². The van der Waals surface area contributed by atoms with Crippen molar-refractivity contribution < 1.29 is 13.9 Å². The topological polar surface area (TPSA) is 18.5 Å².